The number of benzene rings is 1. The molecule has 0 heterocycles. The highest BCUT2D eigenvalue weighted by atomic mass is 16.5. The zero-order valence-electron chi connectivity index (χ0n) is 12.0. The van der Waals surface area contributed by atoms with E-state index in [0.717, 1.165) is 42.1 Å². The second-order valence-electron chi connectivity index (χ2n) is 5.19. The summed E-state index contributed by atoms with van der Waals surface area (Å²) >= 11 is 0. The molecule has 0 saturated heterocycles. The second-order valence-corrected chi connectivity index (χ2v) is 5.19. The number of nitriles is 1. The first-order valence-electron chi connectivity index (χ1n) is 6.41. The van der Waals surface area contributed by atoms with Gasteiger partial charge in [0.15, 0.2) is 0 Å². The van der Waals surface area contributed by atoms with Crippen LogP contribution in [-0.2, 0) is 0 Å². The van der Waals surface area contributed by atoms with Crippen LogP contribution in [0.15, 0.2) is 12.1 Å². The van der Waals surface area contributed by atoms with Crippen LogP contribution in [0.25, 0.3) is 0 Å². The molecule has 4 heteroatoms. The van der Waals surface area contributed by atoms with Crippen LogP contribution in [0.4, 0.5) is 5.69 Å². The van der Waals surface area contributed by atoms with Gasteiger partial charge in [-0.3, -0.25) is 0 Å². The molecular formula is C15H20N2O2. The highest BCUT2D eigenvalue weighted by Crippen LogP contribution is 2.47. The Kier molecular flexibility index (Phi) is 3.57. The minimum atomic E-state index is -0.159. The maximum absolute atomic E-state index is 9.19. The molecule has 0 radical (unpaired) electrons. The lowest BCUT2D eigenvalue weighted by molar-refractivity contribution is 0.388. The van der Waals surface area contributed by atoms with Crippen LogP contribution >= 0.6 is 0 Å². The van der Waals surface area contributed by atoms with Gasteiger partial charge in [0.1, 0.15) is 11.5 Å². The number of hydrogen-bond acceptors (Lipinski definition) is 4. The molecule has 4 nitrogen and oxygen atoms in total. The number of ether oxygens (including phenoxy) is 2. The molecule has 0 atom stereocenters. The van der Waals surface area contributed by atoms with E-state index in [0.29, 0.717) is 0 Å². The second kappa shape index (κ2) is 5.00. The monoisotopic (exact) mass is 260 g/mol. The van der Waals surface area contributed by atoms with Gasteiger partial charge in [-0.15, -0.1) is 0 Å². The fourth-order valence-corrected chi connectivity index (χ4v) is 2.43. The predicted molar refractivity (Wildman–Crippen MR) is 74.8 cm³/mol. The van der Waals surface area contributed by atoms with Gasteiger partial charge in [0, 0.05) is 19.2 Å². The first-order chi connectivity index (χ1) is 9.06. The maximum atomic E-state index is 9.19. The van der Waals surface area contributed by atoms with E-state index in [1.54, 1.807) is 14.2 Å². The highest BCUT2D eigenvalue weighted by Gasteiger charge is 2.44. The maximum Gasteiger partial charge on any atom is 0.148 e. The summed E-state index contributed by atoms with van der Waals surface area (Å²) in [5.74, 6) is 1.63. The smallest absolute Gasteiger partial charge is 0.148 e. The molecule has 0 N–H and O–H groups in total. The lowest BCUT2D eigenvalue weighted by Crippen LogP contribution is -2.26. The van der Waals surface area contributed by atoms with Crippen molar-refractivity contribution in [1.29, 1.82) is 5.26 Å². The van der Waals surface area contributed by atoms with Gasteiger partial charge in [-0.1, -0.05) is 0 Å². The lowest BCUT2D eigenvalue weighted by Gasteiger charge is -2.25. The average Bonchev–Trinajstić information content (AvgIpc) is 3.18. The zero-order chi connectivity index (χ0) is 14.0. The number of anilines is 1. The molecule has 0 bridgehead atoms. The Morgan fingerprint density at radius 3 is 2.47 bits per heavy atom. The third-order valence-corrected chi connectivity index (χ3v) is 3.80. The van der Waals surface area contributed by atoms with Crippen molar-refractivity contribution < 1.29 is 9.47 Å². The first-order valence-corrected chi connectivity index (χ1v) is 6.41. The van der Waals surface area contributed by atoms with Crippen LogP contribution < -0.4 is 14.4 Å². The summed E-state index contributed by atoms with van der Waals surface area (Å²) in [6.45, 7) is 2.72. The van der Waals surface area contributed by atoms with E-state index in [9.17, 15) is 5.26 Å². The number of methoxy groups -OCH3 is 2. The Balaban J connectivity index is 2.29. The summed E-state index contributed by atoms with van der Waals surface area (Å²) in [6.07, 6.45) is 1.98. The summed E-state index contributed by atoms with van der Waals surface area (Å²) in [6, 6.07) is 6.34. The molecule has 0 unspecified atom stereocenters. The zero-order valence-corrected chi connectivity index (χ0v) is 12.0. The Hall–Kier alpha value is -1.89. The van der Waals surface area contributed by atoms with Crippen molar-refractivity contribution >= 4 is 5.69 Å². The van der Waals surface area contributed by atoms with Gasteiger partial charge >= 0.3 is 0 Å². The van der Waals surface area contributed by atoms with Crippen molar-refractivity contribution in [3.05, 3.63) is 17.7 Å². The molecule has 1 saturated carbocycles. The molecule has 0 spiro atoms. The number of nitrogens with zero attached hydrogens (tertiary/aromatic N) is 2. The SMILES string of the molecule is COc1ccc(N(C)CC2(C#N)CC2)c(OC)c1C. The summed E-state index contributed by atoms with van der Waals surface area (Å²) in [7, 11) is 5.32. The molecule has 1 aromatic carbocycles. The van der Waals surface area contributed by atoms with Gasteiger partial charge in [-0.25, -0.2) is 0 Å². The third-order valence-electron chi connectivity index (χ3n) is 3.80. The summed E-state index contributed by atoms with van der Waals surface area (Å²) in [4.78, 5) is 2.10. The fraction of sp³-hybridized carbons (Fsp3) is 0.533. The van der Waals surface area contributed by atoms with Gasteiger partial charge in [0.05, 0.1) is 31.4 Å². The molecule has 19 heavy (non-hydrogen) atoms. The molecule has 1 aliphatic carbocycles. The Morgan fingerprint density at radius 1 is 1.32 bits per heavy atom. The minimum absolute atomic E-state index is 0.159. The number of rotatable bonds is 5. The first kappa shape index (κ1) is 13.5. The third kappa shape index (κ3) is 2.46. The summed E-state index contributed by atoms with van der Waals surface area (Å²) < 4.78 is 10.8. The molecule has 0 aliphatic heterocycles. The predicted octanol–water partition coefficient (Wildman–Crippen LogP) is 2.75. The standard InChI is InChI=1S/C15H20N2O2/c1-11-13(18-3)6-5-12(14(11)19-4)17(2)10-15(9-16)7-8-15/h5-6H,7-8,10H2,1-4H3. The van der Waals surface area contributed by atoms with Gasteiger partial charge < -0.3 is 14.4 Å². The quantitative estimate of drug-likeness (QED) is 0.816. The number of hydrogen-bond donors (Lipinski definition) is 0. The van der Waals surface area contributed by atoms with Crippen LogP contribution in [0.1, 0.15) is 18.4 Å². The van der Waals surface area contributed by atoms with E-state index in [1.165, 1.54) is 0 Å². The molecule has 1 aliphatic rings. The van der Waals surface area contributed by atoms with Gasteiger partial charge in [0.2, 0.25) is 0 Å². The van der Waals surface area contributed by atoms with Crippen molar-refractivity contribution in [3.63, 3.8) is 0 Å². The molecule has 0 aromatic heterocycles. The van der Waals surface area contributed by atoms with Gasteiger partial charge in [-0.05, 0) is 31.9 Å². The Labute approximate surface area is 114 Å². The van der Waals surface area contributed by atoms with Crippen molar-refractivity contribution in [2.45, 2.75) is 19.8 Å². The van der Waals surface area contributed by atoms with E-state index in [-0.39, 0.29) is 5.41 Å². The average molecular weight is 260 g/mol. The van der Waals surface area contributed by atoms with E-state index in [4.69, 9.17) is 9.47 Å². The molecule has 1 fully saturated rings. The van der Waals surface area contributed by atoms with Crippen molar-refractivity contribution in [2.24, 2.45) is 5.41 Å². The van der Waals surface area contributed by atoms with Crippen LogP contribution in [0.5, 0.6) is 11.5 Å². The van der Waals surface area contributed by atoms with Crippen molar-refractivity contribution in [3.8, 4) is 17.6 Å². The van der Waals surface area contributed by atoms with E-state index in [1.807, 2.05) is 26.1 Å². The molecule has 1 aromatic rings. The Bertz CT molecular complexity index is 516. The molecule has 0 amide bonds. The van der Waals surface area contributed by atoms with Gasteiger partial charge in [0.25, 0.3) is 0 Å². The van der Waals surface area contributed by atoms with Crippen molar-refractivity contribution in [2.75, 3.05) is 32.7 Å². The van der Waals surface area contributed by atoms with Crippen molar-refractivity contribution in [1.82, 2.24) is 0 Å². The van der Waals surface area contributed by atoms with E-state index >= 15 is 0 Å². The Morgan fingerprint density at radius 2 is 2.00 bits per heavy atom. The highest BCUT2D eigenvalue weighted by molar-refractivity contribution is 5.65. The van der Waals surface area contributed by atoms with E-state index in [2.05, 4.69) is 11.0 Å². The summed E-state index contributed by atoms with van der Waals surface area (Å²) in [5.41, 5.74) is 1.83. The topological polar surface area (TPSA) is 45.5 Å². The minimum Gasteiger partial charge on any atom is -0.496 e. The lowest BCUT2D eigenvalue weighted by atomic mass is 10.1. The van der Waals surface area contributed by atoms with E-state index < -0.39 is 0 Å². The largest absolute Gasteiger partial charge is 0.496 e. The summed E-state index contributed by atoms with van der Waals surface area (Å²) in [5, 5.41) is 9.19. The molecule has 2 rings (SSSR count). The normalized spacial score (nSPS) is 15.5. The van der Waals surface area contributed by atoms with Crippen LogP contribution in [0, 0.1) is 23.7 Å². The molecule has 102 valence electrons. The van der Waals surface area contributed by atoms with Gasteiger partial charge in [-0.2, -0.15) is 5.26 Å². The van der Waals surface area contributed by atoms with Crippen LogP contribution in [-0.4, -0.2) is 27.8 Å². The van der Waals surface area contributed by atoms with Crippen LogP contribution in [0.3, 0.4) is 0 Å². The van der Waals surface area contributed by atoms with Crippen LogP contribution in [0.2, 0.25) is 0 Å². The fourth-order valence-electron chi connectivity index (χ4n) is 2.43. The molecular weight excluding hydrogens is 240 g/mol.